The molecule has 1 aromatic carbocycles. The second-order valence-corrected chi connectivity index (χ2v) is 2.45. The largest absolute Gasteiger partial charge is 0.324 e. The Balaban J connectivity index is 3.13. The van der Waals surface area contributed by atoms with Gasteiger partial charge in [0.25, 0.3) is 0 Å². The van der Waals surface area contributed by atoms with Crippen LogP contribution in [0.4, 0.5) is 8.78 Å². The number of hydrogen-bond acceptors (Lipinski definition) is 1. The zero-order chi connectivity index (χ0) is 8.43. The van der Waals surface area contributed by atoms with Crippen molar-refractivity contribution in [3.63, 3.8) is 0 Å². The molecule has 0 bridgehead atoms. The molecule has 1 nitrogen and oxygen atoms in total. The van der Waals surface area contributed by atoms with E-state index in [0.29, 0.717) is 0 Å². The van der Waals surface area contributed by atoms with Crippen molar-refractivity contribution in [1.29, 1.82) is 0 Å². The molecule has 0 radical (unpaired) electrons. The monoisotopic (exact) mass is 157 g/mol. The van der Waals surface area contributed by atoms with E-state index in [9.17, 15) is 8.78 Å². The molecule has 0 saturated heterocycles. The number of halogens is 2. The number of rotatable bonds is 1. The minimum Gasteiger partial charge on any atom is -0.324 e. The first-order chi connectivity index (χ1) is 5.11. The van der Waals surface area contributed by atoms with Gasteiger partial charge in [-0.05, 0) is 25.1 Å². The lowest BCUT2D eigenvalue weighted by Crippen LogP contribution is -2.07. The Morgan fingerprint density at radius 2 is 2.00 bits per heavy atom. The van der Waals surface area contributed by atoms with Crippen molar-refractivity contribution in [2.24, 2.45) is 5.73 Å². The quantitative estimate of drug-likeness (QED) is 0.662. The standard InChI is InChI=1S/C8H9F2N/c1-5(11)7-4-6(9)2-3-8(7)10/h2-5H,11H2,1H3. The molecule has 0 spiro atoms. The summed E-state index contributed by atoms with van der Waals surface area (Å²) in [6, 6.07) is 2.79. The van der Waals surface area contributed by atoms with Crippen LogP contribution in [0.5, 0.6) is 0 Å². The zero-order valence-electron chi connectivity index (χ0n) is 6.14. The molecule has 0 aliphatic heterocycles. The summed E-state index contributed by atoms with van der Waals surface area (Å²) in [5, 5.41) is 0. The van der Waals surface area contributed by atoms with Gasteiger partial charge in [-0.3, -0.25) is 0 Å². The molecule has 1 rings (SSSR count). The summed E-state index contributed by atoms with van der Waals surface area (Å²) in [5.41, 5.74) is 5.59. The first-order valence-electron chi connectivity index (χ1n) is 3.32. The average Bonchev–Trinajstić information content (AvgIpc) is 1.94. The second kappa shape index (κ2) is 2.96. The Hall–Kier alpha value is -0.960. The minimum atomic E-state index is -0.467. The maximum atomic E-state index is 12.8. The fourth-order valence-electron chi connectivity index (χ4n) is 0.864. The van der Waals surface area contributed by atoms with Crippen molar-refractivity contribution in [2.45, 2.75) is 13.0 Å². The molecule has 3 heteroatoms. The van der Waals surface area contributed by atoms with Gasteiger partial charge in [0.1, 0.15) is 11.6 Å². The molecule has 1 aromatic rings. The minimum absolute atomic E-state index is 0.213. The molecule has 0 amide bonds. The lowest BCUT2D eigenvalue weighted by atomic mass is 10.1. The van der Waals surface area contributed by atoms with Gasteiger partial charge in [-0.1, -0.05) is 0 Å². The van der Waals surface area contributed by atoms with Crippen molar-refractivity contribution in [3.8, 4) is 0 Å². The van der Waals surface area contributed by atoms with Crippen LogP contribution in [-0.2, 0) is 0 Å². The molecule has 2 N–H and O–H groups in total. The summed E-state index contributed by atoms with van der Waals surface area (Å²) in [7, 11) is 0. The molecule has 60 valence electrons. The lowest BCUT2D eigenvalue weighted by molar-refractivity contribution is 0.572. The van der Waals surface area contributed by atoms with E-state index in [1.54, 1.807) is 6.92 Å². The number of benzene rings is 1. The van der Waals surface area contributed by atoms with Crippen LogP contribution in [0.3, 0.4) is 0 Å². The van der Waals surface area contributed by atoms with Gasteiger partial charge in [-0.25, -0.2) is 8.78 Å². The summed E-state index contributed by atoms with van der Waals surface area (Å²) in [6.45, 7) is 1.61. The topological polar surface area (TPSA) is 26.0 Å². The normalized spacial score (nSPS) is 13.1. The summed E-state index contributed by atoms with van der Waals surface area (Å²) in [4.78, 5) is 0. The highest BCUT2D eigenvalue weighted by molar-refractivity contribution is 5.21. The van der Waals surface area contributed by atoms with E-state index in [4.69, 9.17) is 5.73 Å². The van der Waals surface area contributed by atoms with Crippen LogP contribution in [0.25, 0.3) is 0 Å². The van der Waals surface area contributed by atoms with E-state index in [1.165, 1.54) is 0 Å². The molecule has 0 saturated carbocycles. The maximum absolute atomic E-state index is 12.8. The third-order valence-corrected chi connectivity index (χ3v) is 1.45. The summed E-state index contributed by atoms with van der Waals surface area (Å²) >= 11 is 0. The first kappa shape index (κ1) is 8.14. The van der Waals surface area contributed by atoms with Gasteiger partial charge >= 0.3 is 0 Å². The summed E-state index contributed by atoms with van der Waals surface area (Å²) < 4.78 is 25.3. The maximum Gasteiger partial charge on any atom is 0.128 e. The molecule has 0 fully saturated rings. The Labute approximate surface area is 63.8 Å². The van der Waals surface area contributed by atoms with Gasteiger partial charge in [-0.15, -0.1) is 0 Å². The van der Waals surface area contributed by atoms with Crippen molar-refractivity contribution in [3.05, 3.63) is 35.4 Å². The van der Waals surface area contributed by atoms with Gasteiger partial charge < -0.3 is 5.73 Å². The predicted molar refractivity (Wildman–Crippen MR) is 39.0 cm³/mol. The molecular weight excluding hydrogens is 148 g/mol. The Kier molecular flexibility index (Phi) is 2.19. The van der Waals surface area contributed by atoms with Gasteiger partial charge in [0.2, 0.25) is 0 Å². The van der Waals surface area contributed by atoms with Crippen molar-refractivity contribution >= 4 is 0 Å². The highest BCUT2D eigenvalue weighted by Gasteiger charge is 2.06. The Morgan fingerprint density at radius 3 is 2.45 bits per heavy atom. The Bertz CT molecular complexity index is 258. The third-order valence-electron chi connectivity index (χ3n) is 1.45. The molecule has 0 aliphatic carbocycles. The van der Waals surface area contributed by atoms with Gasteiger partial charge in [0.05, 0.1) is 0 Å². The molecule has 11 heavy (non-hydrogen) atoms. The van der Waals surface area contributed by atoms with Gasteiger partial charge in [-0.2, -0.15) is 0 Å². The van der Waals surface area contributed by atoms with Crippen LogP contribution in [0.15, 0.2) is 18.2 Å². The molecule has 0 aromatic heterocycles. The third kappa shape index (κ3) is 1.74. The van der Waals surface area contributed by atoms with Crippen molar-refractivity contribution in [1.82, 2.24) is 0 Å². The van der Waals surface area contributed by atoms with Crippen molar-refractivity contribution < 1.29 is 8.78 Å². The smallest absolute Gasteiger partial charge is 0.128 e. The van der Waals surface area contributed by atoms with Crippen LogP contribution in [0.2, 0.25) is 0 Å². The fraction of sp³-hybridized carbons (Fsp3) is 0.250. The molecule has 1 atom stereocenters. The first-order valence-corrected chi connectivity index (χ1v) is 3.32. The summed E-state index contributed by atoms with van der Waals surface area (Å²) in [6.07, 6.45) is 0. The van der Waals surface area contributed by atoms with E-state index in [0.717, 1.165) is 18.2 Å². The van der Waals surface area contributed by atoms with Crippen molar-refractivity contribution in [2.75, 3.05) is 0 Å². The van der Waals surface area contributed by atoms with Crippen LogP contribution in [0.1, 0.15) is 18.5 Å². The van der Waals surface area contributed by atoms with Gasteiger partial charge in [0.15, 0.2) is 0 Å². The van der Waals surface area contributed by atoms with E-state index in [2.05, 4.69) is 0 Å². The van der Waals surface area contributed by atoms with Gasteiger partial charge in [0, 0.05) is 11.6 Å². The second-order valence-electron chi connectivity index (χ2n) is 2.45. The number of hydrogen-bond donors (Lipinski definition) is 1. The molecule has 0 heterocycles. The fourth-order valence-corrected chi connectivity index (χ4v) is 0.864. The molecule has 0 aliphatic rings. The van der Waals surface area contributed by atoms with E-state index < -0.39 is 17.7 Å². The van der Waals surface area contributed by atoms with E-state index in [-0.39, 0.29) is 5.56 Å². The molecular formula is C8H9F2N. The van der Waals surface area contributed by atoms with Crippen LogP contribution < -0.4 is 5.73 Å². The Morgan fingerprint density at radius 1 is 1.36 bits per heavy atom. The summed E-state index contributed by atoms with van der Waals surface area (Å²) in [5.74, 6) is -0.917. The van der Waals surface area contributed by atoms with Crippen LogP contribution >= 0.6 is 0 Å². The predicted octanol–water partition coefficient (Wildman–Crippen LogP) is 1.98. The van der Waals surface area contributed by atoms with Crippen LogP contribution in [-0.4, -0.2) is 0 Å². The zero-order valence-corrected chi connectivity index (χ0v) is 6.14. The lowest BCUT2D eigenvalue weighted by Gasteiger charge is -2.05. The van der Waals surface area contributed by atoms with E-state index >= 15 is 0 Å². The highest BCUT2D eigenvalue weighted by atomic mass is 19.1. The van der Waals surface area contributed by atoms with Crippen LogP contribution in [0, 0.1) is 11.6 Å². The number of nitrogens with two attached hydrogens (primary N) is 1. The SMILES string of the molecule is CC(N)c1cc(F)ccc1F. The van der Waals surface area contributed by atoms with E-state index in [1.807, 2.05) is 0 Å². The highest BCUT2D eigenvalue weighted by Crippen LogP contribution is 2.15. The molecule has 1 unspecified atom stereocenters. The average molecular weight is 157 g/mol.